The van der Waals surface area contributed by atoms with Crippen molar-refractivity contribution >= 4 is 27.5 Å². The molecule has 1 amide bonds. The minimum Gasteiger partial charge on any atom is -0.493 e. The Hall–Kier alpha value is -2.29. The molecule has 25 heavy (non-hydrogen) atoms. The fourth-order valence-corrected chi connectivity index (χ4v) is 5.79. The quantitative estimate of drug-likeness (QED) is 0.596. The number of nitrogen functional groups attached to an aromatic ring is 1. The van der Waals surface area contributed by atoms with Crippen molar-refractivity contribution in [3.05, 3.63) is 23.8 Å². The summed E-state index contributed by atoms with van der Waals surface area (Å²) in [6.07, 6.45) is -1.11. The van der Waals surface area contributed by atoms with E-state index in [0.29, 0.717) is 17.0 Å². The molecule has 4 N–H and O–H groups in total. The highest BCUT2D eigenvalue weighted by atomic mass is 32.2. The van der Waals surface area contributed by atoms with Gasteiger partial charge in [-0.3, -0.25) is 10.3 Å². The number of nitrogens with two attached hydrogens (primary N) is 1. The number of rotatable bonds is 0. The Kier molecular flexibility index (Phi) is 3.75. The van der Waals surface area contributed by atoms with Gasteiger partial charge in [0.05, 0.1) is 11.9 Å². The third-order valence-electron chi connectivity index (χ3n) is 5.04. The van der Waals surface area contributed by atoms with E-state index in [1.54, 1.807) is 25.1 Å². The highest BCUT2D eigenvalue weighted by molar-refractivity contribution is 7.94. The number of aliphatic imine (C=N–C) groups is 1. The number of carboxylic acid groups (broad SMARTS) is 1. The van der Waals surface area contributed by atoms with Gasteiger partial charge >= 0.3 is 6.09 Å². The molecule has 2 heterocycles. The van der Waals surface area contributed by atoms with Crippen LogP contribution in [-0.4, -0.2) is 42.1 Å². The third kappa shape index (κ3) is 2.45. The summed E-state index contributed by atoms with van der Waals surface area (Å²) < 4.78 is 30.9. The Morgan fingerprint density at radius 1 is 1.40 bits per heavy atom. The van der Waals surface area contributed by atoms with Gasteiger partial charge in [0, 0.05) is 17.7 Å². The number of nitrogens with zero attached hydrogens (tertiary/aromatic N) is 1. The number of amidine groups is 1. The maximum atomic E-state index is 13.3. The van der Waals surface area contributed by atoms with Gasteiger partial charge < -0.3 is 15.6 Å². The van der Waals surface area contributed by atoms with Crippen LogP contribution in [0.25, 0.3) is 0 Å². The number of hydrogen-bond donors (Lipinski definition) is 3. The largest absolute Gasteiger partial charge is 0.493 e. The monoisotopic (exact) mass is 367 g/mol. The van der Waals surface area contributed by atoms with Crippen LogP contribution in [0.4, 0.5) is 10.5 Å². The normalized spacial score (nSPS) is 29.2. The summed E-state index contributed by atoms with van der Waals surface area (Å²) >= 11 is 0. The topological polar surface area (TPSA) is 131 Å². The van der Waals surface area contributed by atoms with Gasteiger partial charge in [-0.05, 0) is 39.0 Å². The average molecular weight is 367 g/mol. The van der Waals surface area contributed by atoms with E-state index in [1.165, 1.54) is 13.8 Å². The predicted octanol–water partition coefficient (Wildman–Crippen LogP) is 1.51. The van der Waals surface area contributed by atoms with Crippen LogP contribution in [0.2, 0.25) is 0 Å². The lowest BCUT2D eigenvalue weighted by atomic mass is 9.86. The van der Waals surface area contributed by atoms with Crippen molar-refractivity contribution in [3.8, 4) is 5.75 Å². The van der Waals surface area contributed by atoms with Gasteiger partial charge in [-0.1, -0.05) is 0 Å². The number of fused-ring (bicyclic) bond motifs is 3. The molecule has 2 unspecified atom stereocenters. The van der Waals surface area contributed by atoms with Crippen molar-refractivity contribution in [2.75, 3.05) is 12.3 Å². The molecule has 0 saturated heterocycles. The van der Waals surface area contributed by atoms with Crippen molar-refractivity contribution in [1.29, 1.82) is 0 Å². The molecule has 0 fully saturated rings. The van der Waals surface area contributed by atoms with Crippen LogP contribution in [0.1, 0.15) is 32.8 Å². The minimum absolute atomic E-state index is 0.103. The maximum Gasteiger partial charge on any atom is 0.410 e. The molecule has 136 valence electrons. The Balaban J connectivity index is 2.33. The molecule has 0 radical (unpaired) electrons. The molecule has 0 aliphatic carbocycles. The molecule has 1 aromatic carbocycles. The number of hydrogen-bond acceptors (Lipinski definition) is 6. The van der Waals surface area contributed by atoms with E-state index < -0.39 is 31.5 Å². The van der Waals surface area contributed by atoms with Crippen molar-refractivity contribution in [2.45, 2.75) is 42.7 Å². The molecule has 0 aromatic heterocycles. The van der Waals surface area contributed by atoms with Crippen LogP contribution in [0, 0.1) is 0 Å². The molecule has 0 bridgehead atoms. The van der Waals surface area contributed by atoms with E-state index in [-0.39, 0.29) is 18.9 Å². The second-order valence-electron chi connectivity index (χ2n) is 6.97. The Bertz CT molecular complexity index is 878. The lowest BCUT2D eigenvalue weighted by molar-refractivity contribution is 0.199. The molecule has 8 nitrogen and oxygen atoms in total. The van der Waals surface area contributed by atoms with Crippen molar-refractivity contribution in [3.63, 3.8) is 0 Å². The number of anilines is 1. The predicted molar refractivity (Wildman–Crippen MR) is 93.7 cm³/mol. The Labute approximate surface area is 146 Å². The summed E-state index contributed by atoms with van der Waals surface area (Å²) in [4.78, 5) is 15.7. The van der Waals surface area contributed by atoms with Crippen LogP contribution in [0.5, 0.6) is 5.75 Å². The molecule has 3 rings (SSSR count). The van der Waals surface area contributed by atoms with Gasteiger partial charge in [0.1, 0.15) is 21.9 Å². The SMILES string of the molecule is CC12N=C(NC(=O)O)C(C)(C)S(=O)(=O)C1CCOc1ccc(N)cc12. The summed E-state index contributed by atoms with van der Waals surface area (Å²) in [5.74, 6) is 0.404. The fraction of sp³-hybridized carbons (Fsp3) is 0.500. The van der Waals surface area contributed by atoms with Gasteiger partial charge in [-0.15, -0.1) is 0 Å². The molecular formula is C16H21N3O5S. The number of benzene rings is 1. The van der Waals surface area contributed by atoms with E-state index in [4.69, 9.17) is 15.6 Å². The summed E-state index contributed by atoms with van der Waals surface area (Å²) in [5, 5.41) is 10.4. The minimum atomic E-state index is -3.77. The van der Waals surface area contributed by atoms with Crippen LogP contribution >= 0.6 is 0 Å². The second-order valence-corrected chi connectivity index (χ2v) is 9.65. The maximum absolute atomic E-state index is 13.3. The fourth-order valence-electron chi connectivity index (χ4n) is 3.53. The second kappa shape index (κ2) is 5.35. The van der Waals surface area contributed by atoms with Crippen LogP contribution in [-0.2, 0) is 15.4 Å². The van der Waals surface area contributed by atoms with Crippen LogP contribution in [0.15, 0.2) is 23.2 Å². The third-order valence-corrected chi connectivity index (χ3v) is 8.10. The molecule has 2 atom stereocenters. The first-order valence-electron chi connectivity index (χ1n) is 7.86. The van der Waals surface area contributed by atoms with Crippen molar-refractivity contribution in [1.82, 2.24) is 5.32 Å². The van der Waals surface area contributed by atoms with E-state index in [1.807, 2.05) is 0 Å². The zero-order chi connectivity index (χ0) is 18.6. The average Bonchev–Trinajstić information content (AvgIpc) is 2.63. The smallest absolute Gasteiger partial charge is 0.410 e. The van der Waals surface area contributed by atoms with Gasteiger partial charge in [0.25, 0.3) is 0 Å². The van der Waals surface area contributed by atoms with Crippen LogP contribution < -0.4 is 15.8 Å². The first-order chi connectivity index (χ1) is 11.5. The van der Waals surface area contributed by atoms with E-state index in [2.05, 4.69) is 10.3 Å². The molecule has 0 spiro atoms. The number of carbonyl (C=O) groups is 1. The van der Waals surface area contributed by atoms with Gasteiger partial charge in [-0.2, -0.15) is 0 Å². The summed E-state index contributed by atoms with van der Waals surface area (Å²) in [5.41, 5.74) is 5.68. The Morgan fingerprint density at radius 2 is 2.08 bits per heavy atom. The highest BCUT2D eigenvalue weighted by Gasteiger charge is 2.58. The highest BCUT2D eigenvalue weighted by Crippen LogP contribution is 2.48. The molecule has 2 aliphatic heterocycles. The van der Waals surface area contributed by atoms with Crippen molar-refractivity contribution in [2.24, 2.45) is 4.99 Å². The van der Waals surface area contributed by atoms with Crippen molar-refractivity contribution < 1.29 is 23.1 Å². The zero-order valence-electron chi connectivity index (χ0n) is 14.2. The van der Waals surface area contributed by atoms with Gasteiger partial charge in [0.2, 0.25) is 0 Å². The number of nitrogens with one attached hydrogen (secondary N) is 1. The van der Waals surface area contributed by atoms with E-state index in [9.17, 15) is 13.2 Å². The molecular weight excluding hydrogens is 346 g/mol. The van der Waals surface area contributed by atoms with E-state index in [0.717, 1.165) is 0 Å². The summed E-state index contributed by atoms with van der Waals surface area (Å²) in [6.45, 7) is 4.83. The standard InChI is InChI=1S/C16H21N3O5S/c1-15(2)13(18-14(20)21)19-16(3)10-8-9(17)4-5-11(10)24-7-6-12(16)25(15,22)23/h4-5,8,12H,6-7,17H2,1-3H3,(H,18,19)(H,20,21). The molecule has 0 saturated carbocycles. The Morgan fingerprint density at radius 3 is 2.72 bits per heavy atom. The van der Waals surface area contributed by atoms with E-state index >= 15 is 0 Å². The first kappa shape index (κ1) is 17.5. The molecule has 9 heteroatoms. The van der Waals surface area contributed by atoms with Gasteiger partial charge in [-0.25, -0.2) is 13.2 Å². The molecule has 1 aromatic rings. The zero-order valence-corrected chi connectivity index (χ0v) is 15.1. The van der Waals surface area contributed by atoms with Gasteiger partial charge in [0.15, 0.2) is 9.84 Å². The lowest BCUT2D eigenvalue weighted by Gasteiger charge is -2.43. The molecule has 2 aliphatic rings. The number of sulfone groups is 1. The summed E-state index contributed by atoms with van der Waals surface area (Å²) in [6, 6.07) is 5.00. The lowest BCUT2D eigenvalue weighted by Crippen LogP contribution is -2.61. The first-order valence-corrected chi connectivity index (χ1v) is 9.41. The van der Waals surface area contributed by atoms with Crippen LogP contribution in [0.3, 0.4) is 0 Å². The summed E-state index contributed by atoms with van der Waals surface area (Å²) in [7, 11) is -3.77. The number of amides is 1. The number of ether oxygens (including phenoxy) is 1.